The Balaban J connectivity index is 0.00000225. The Labute approximate surface area is 152 Å². The van der Waals surface area contributed by atoms with Crippen LogP contribution in [0.25, 0.3) is 11.0 Å². The maximum atomic E-state index is 12.5. The third-order valence-electron chi connectivity index (χ3n) is 4.82. The molecule has 6 nitrogen and oxygen atoms in total. The van der Waals surface area contributed by atoms with Gasteiger partial charge in [0, 0.05) is 12.4 Å². The van der Waals surface area contributed by atoms with Crippen LogP contribution in [-0.4, -0.2) is 53.0 Å². The van der Waals surface area contributed by atoms with Gasteiger partial charge in [-0.15, -0.1) is 12.4 Å². The number of likely N-dealkylation sites (N-methyl/N-ethyl adjacent to an activating group) is 1. The van der Waals surface area contributed by atoms with Gasteiger partial charge in [-0.25, -0.2) is 0 Å². The van der Waals surface area contributed by atoms with Crippen molar-refractivity contribution in [2.75, 3.05) is 20.1 Å². The van der Waals surface area contributed by atoms with E-state index in [1.807, 2.05) is 37.3 Å². The number of likely N-dealkylation sites (tertiary alicyclic amines) is 1. The van der Waals surface area contributed by atoms with Gasteiger partial charge in [-0.3, -0.25) is 14.5 Å². The summed E-state index contributed by atoms with van der Waals surface area (Å²) in [5.74, 6) is -0.229. The molecule has 1 amide bonds. The van der Waals surface area contributed by atoms with Crippen LogP contribution < -0.4 is 0 Å². The van der Waals surface area contributed by atoms with E-state index in [1.165, 1.54) is 0 Å². The number of para-hydroxylation sites is 1. The minimum absolute atomic E-state index is 0. The van der Waals surface area contributed by atoms with Crippen LogP contribution in [0.15, 0.2) is 34.7 Å². The molecule has 1 aromatic heterocycles. The number of furan rings is 1. The molecule has 7 heteroatoms. The Morgan fingerprint density at radius 3 is 2.80 bits per heavy atom. The van der Waals surface area contributed by atoms with Crippen LogP contribution in [0, 0.1) is 0 Å². The number of nitrogens with zero attached hydrogens (tertiary/aromatic N) is 2. The van der Waals surface area contributed by atoms with Crippen LogP contribution in [0.2, 0.25) is 0 Å². The van der Waals surface area contributed by atoms with Crippen molar-refractivity contribution in [2.45, 2.75) is 31.8 Å². The number of carboxylic acids is 1. The minimum atomic E-state index is -0.853. The number of hydrogen-bond donors (Lipinski definition) is 1. The van der Waals surface area contributed by atoms with Gasteiger partial charge in [0.05, 0.1) is 12.6 Å². The average Bonchev–Trinajstić information content (AvgIpc) is 3.19. The van der Waals surface area contributed by atoms with Crippen molar-refractivity contribution in [2.24, 2.45) is 0 Å². The van der Waals surface area contributed by atoms with E-state index in [-0.39, 0.29) is 30.9 Å². The first kappa shape index (κ1) is 19.3. The molecular weight excluding hydrogens is 344 g/mol. The summed E-state index contributed by atoms with van der Waals surface area (Å²) in [6, 6.07) is 8.90. The van der Waals surface area contributed by atoms with E-state index in [0.29, 0.717) is 13.0 Å². The predicted molar refractivity (Wildman–Crippen MR) is 96.9 cm³/mol. The standard InChI is InChI=1S/C18H22N2O4.ClH/c1-12(16-10-13-6-3-4-8-15(13)24-16)19(2)17(21)11-20-9-5-7-14(20)18(22)23;/h3-4,6,8,10,12,14H,5,7,9,11H2,1-2H3,(H,22,23);1H. The smallest absolute Gasteiger partial charge is 0.320 e. The van der Waals surface area contributed by atoms with Gasteiger partial charge >= 0.3 is 5.97 Å². The topological polar surface area (TPSA) is 74.0 Å². The zero-order chi connectivity index (χ0) is 17.3. The average molecular weight is 367 g/mol. The Bertz CT molecular complexity index is 727. The van der Waals surface area contributed by atoms with E-state index >= 15 is 0 Å². The molecule has 2 heterocycles. The van der Waals surface area contributed by atoms with Gasteiger partial charge in [0.15, 0.2) is 0 Å². The number of carbonyl (C=O) groups excluding carboxylic acids is 1. The van der Waals surface area contributed by atoms with Gasteiger partial charge in [-0.05, 0) is 38.4 Å². The van der Waals surface area contributed by atoms with Crippen molar-refractivity contribution in [3.63, 3.8) is 0 Å². The third-order valence-corrected chi connectivity index (χ3v) is 4.82. The highest BCUT2D eigenvalue weighted by Gasteiger charge is 2.33. The summed E-state index contributed by atoms with van der Waals surface area (Å²) in [5.41, 5.74) is 0.797. The highest BCUT2D eigenvalue weighted by molar-refractivity contribution is 5.85. The summed E-state index contributed by atoms with van der Waals surface area (Å²) in [6.07, 6.45) is 1.42. The Kier molecular flexibility index (Phi) is 6.08. The minimum Gasteiger partial charge on any atom is -0.480 e. The molecule has 1 N–H and O–H groups in total. The zero-order valence-electron chi connectivity index (χ0n) is 14.3. The maximum absolute atomic E-state index is 12.5. The Hall–Kier alpha value is -2.05. The quantitative estimate of drug-likeness (QED) is 0.880. The van der Waals surface area contributed by atoms with Gasteiger partial charge in [-0.1, -0.05) is 18.2 Å². The van der Waals surface area contributed by atoms with Crippen molar-refractivity contribution in [3.05, 3.63) is 36.1 Å². The van der Waals surface area contributed by atoms with Crippen LogP contribution >= 0.6 is 12.4 Å². The molecule has 1 fully saturated rings. The molecule has 3 rings (SSSR count). The first-order valence-electron chi connectivity index (χ1n) is 8.18. The van der Waals surface area contributed by atoms with Crippen LogP contribution in [0.4, 0.5) is 0 Å². The number of rotatable bonds is 5. The van der Waals surface area contributed by atoms with E-state index in [0.717, 1.165) is 23.2 Å². The number of hydrogen-bond acceptors (Lipinski definition) is 4. The van der Waals surface area contributed by atoms with Crippen molar-refractivity contribution in [1.82, 2.24) is 9.80 Å². The summed E-state index contributed by atoms with van der Waals surface area (Å²) < 4.78 is 5.83. The van der Waals surface area contributed by atoms with Crippen LogP contribution in [0.5, 0.6) is 0 Å². The lowest BCUT2D eigenvalue weighted by molar-refractivity contribution is -0.143. The molecule has 2 aromatic rings. The highest BCUT2D eigenvalue weighted by atomic mass is 35.5. The fraction of sp³-hybridized carbons (Fsp3) is 0.444. The lowest BCUT2D eigenvalue weighted by Crippen LogP contribution is -2.44. The molecule has 2 unspecified atom stereocenters. The summed E-state index contributed by atoms with van der Waals surface area (Å²) >= 11 is 0. The van der Waals surface area contributed by atoms with Gasteiger partial charge in [-0.2, -0.15) is 0 Å². The number of benzene rings is 1. The molecule has 1 aromatic carbocycles. The number of aliphatic carboxylic acids is 1. The molecule has 25 heavy (non-hydrogen) atoms. The van der Waals surface area contributed by atoms with Crippen molar-refractivity contribution in [1.29, 1.82) is 0 Å². The largest absolute Gasteiger partial charge is 0.480 e. The SMILES string of the molecule is CC(c1cc2ccccc2o1)N(C)C(=O)CN1CCCC1C(=O)O.Cl. The second kappa shape index (κ2) is 7.89. The highest BCUT2D eigenvalue weighted by Crippen LogP contribution is 2.27. The van der Waals surface area contributed by atoms with Gasteiger partial charge in [0.2, 0.25) is 5.91 Å². The normalized spacial score (nSPS) is 18.7. The number of fused-ring (bicyclic) bond motifs is 1. The molecule has 0 bridgehead atoms. The number of carbonyl (C=O) groups is 2. The van der Waals surface area contributed by atoms with Gasteiger partial charge in [0.25, 0.3) is 0 Å². The van der Waals surface area contributed by atoms with E-state index in [1.54, 1.807) is 16.8 Å². The second-order valence-corrected chi connectivity index (χ2v) is 6.33. The van der Waals surface area contributed by atoms with Crippen molar-refractivity contribution < 1.29 is 19.1 Å². The molecule has 0 spiro atoms. The fourth-order valence-corrected chi connectivity index (χ4v) is 3.20. The number of carboxylic acid groups (broad SMARTS) is 1. The molecule has 0 radical (unpaired) electrons. The third kappa shape index (κ3) is 3.96. The molecule has 1 aliphatic heterocycles. The Morgan fingerprint density at radius 2 is 2.12 bits per heavy atom. The van der Waals surface area contributed by atoms with E-state index < -0.39 is 12.0 Å². The summed E-state index contributed by atoms with van der Waals surface area (Å²) in [4.78, 5) is 27.1. The van der Waals surface area contributed by atoms with Gasteiger partial charge < -0.3 is 14.4 Å². The summed E-state index contributed by atoms with van der Waals surface area (Å²) in [7, 11) is 1.73. The molecular formula is C18H23ClN2O4. The lowest BCUT2D eigenvalue weighted by atomic mass is 10.2. The molecule has 2 atom stereocenters. The maximum Gasteiger partial charge on any atom is 0.320 e. The number of halogens is 1. The first-order valence-corrected chi connectivity index (χ1v) is 8.18. The predicted octanol–water partition coefficient (Wildman–Crippen LogP) is 2.92. The lowest BCUT2D eigenvalue weighted by Gasteiger charge is -2.27. The van der Waals surface area contributed by atoms with Crippen molar-refractivity contribution >= 4 is 35.3 Å². The second-order valence-electron chi connectivity index (χ2n) is 6.33. The summed E-state index contributed by atoms with van der Waals surface area (Å²) in [5, 5.41) is 10.2. The van der Waals surface area contributed by atoms with Crippen LogP contribution in [-0.2, 0) is 9.59 Å². The molecule has 136 valence electrons. The molecule has 0 aliphatic carbocycles. The molecule has 0 saturated carbocycles. The Morgan fingerprint density at radius 1 is 1.40 bits per heavy atom. The number of amides is 1. The van der Waals surface area contributed by atoms with Crippen LogP contribution in [0.3, 0.4) is 0 Å². The fourth-order valence-electron chi connectivity index (χ4n) is 3.20. The van der Waals surface area contributed by atoms with Gasteiger partial charge in [0.1, 0.15) is 17.4 Å². The molecule has 1 aliphatic rings. The van der Waals surface area contributed by atoms with E-state index in [9.17, 15) is 14.7 Å². The van der Waals surface area contributed by atoms with E-state index in [2.05, 4.69) is 0 Å². The van der Waals surface area contributed by atoms with Crippen LogP contribution in [0.1, 0.15) is 31.6 Å². The van der Waals surface area contributed by atoms with Crippen molar-refractivity contribution in [3.8, 4) is 0 Å². The molecule has 1 saturated heterocycles. The van der Waals surface area contributed by atoms with E-state index in [4.69, 9.17) is 4.42 Å². The summed E-state index contributed by atoms with van der Waals surface area (Å²) in [6.45, 7) is 2.68. The zero-order valence-corrected chi connectivity index (χ0v) is 15.2. The first-order chi connectivity index (χ1) is 11.5. The monoisotopic (exact) mass is 366 g/mol.